The van der Waals surface area contributed by atoms with Crippen LogP contribution in [-0.2, 0) is 0 Å². The van der Waals surface area contributed by atoms with Crippen molar-refractivity contribution < 1.29 is 4.79 Å². The van der Waals surface area contributed by atoms with Gasteiger partial charge in [0.15, 0.2) is 5.78 Å². The van der Waals surface area contributed by atoms with E-state index in [0.29, 0.717) is 13.6 Å². The van der Waals surface area contributed by atoms with Crippen LogP contribution in [0.2, 0.25) is 5.02 Å². The van der Waals surface area contributed by atoms with Crippen LogP contribution in [-0.4, -0.2) is 11.9 Å². The molecule has 2 rings (SSSR count). The highest BCUT2D eigenvalue weighted by Gasteiger charge is 2.17. The molecule has 0 aliphatic heterocycles. The maximum Gasteiger partial charge on any atom is 0.187 e. The van der Waals surface area contributed by atoms with Gasteiger partial charge in [-0.3, -0.25) is 4.79 Å². The number of allylic oxidation sites excluding steroid dienone is 2. The Bertz CT molecular complexity index is 812. The van der Waals surface area contributed by atoms with Crippen LogP contribution in [0.1, 0.15) is 40.9 Å². The lowest BCUT2D eigenvalue weighted by Gasteiger charge is -2.16. The van der Waals surface area contributed by atoms with Crippen LogP contribution in [0.4, 0.5) is 5.69 Å². The van der Waals surface area contributed by atoms with Crippen LogP contribution in [0.5, 0.6) is 0 Å². The van der Waals surface area contributed by atoms with E-state index in [0.717, 1.165) is 45.0 Å². The molecule has 2 N–H and O–H groups in total. The van der Waals surface area contributed by atoms with Crippen LogP contribution in [0.25, 0.3) is 5.57 Å². The van der Waals surface area contributed by atoms with Gasteiger partial charge in [-0.05, 0) is 78.8 Å². The molecular formula is C20H23ClNOP. The summed E-state index contributed by atoms with van der Waals surface area (Å²) < 4.78 is 0. The second-order valence-electron chi connectivity index (χ2n) is 5.89. The number of carbonyl (C=O) groups is 1. The Morgan fingerprint density at radius 2 is 2.00 bits per heavy atom. The van der Waals surface area contributed by atoms with Crippen molar-refractivity contribution in [2.24, 2.45) is 0 Å². The first kappa shape index (κ1) is 18.7. The lowest BCUT2D eigenvalue weighted by Crippen LogP contribution is -2.17. The normalized spacial score (nSPS) is 12.1. The predicted octanol–water partition coefficient (Wildman–Crippen LogP) is 5.15. The molecule has 0 radical (unpaired) electrons. The molecule has 1 atom stereocenters. The Balaban J connectivity index is 2.50. The number of anilines is 1. The third-order valence-electron chi connectivity index (χ3n) is 4.05. The predicted molar refractivity (Wildman–Crippen MR) is 108 cm³/mol. The summed E-state index contributed by atoms with van der Waals surface area (Å²) in [5, 5.41) is 1.76. The van der Waals surface area contributed by atoms with E-state index in [1.54, 1.807) is 6.08 Å². The SMILES string of the molecule is CCPc1c(C)c(N)cc(C)c1C(=O)/C=C(\C)c1cccc(Cl)c1. The summed E-state index contributed by atoms with van der Waals surface area (Å²) in [6.07, 6.45) is 2.70. The third-order valence-corrected chi connectivity index (χ3v) is 5.62. The van der Waals surface area contributed by atoms with Crippen molar-refractivity contribution in [3.63, 3.8) is 0 Å². The zero-order valence-electron chi connectivity index (χ0n) is 14.5. The van der Waals surface area contributed by atoms with Crippen molar-refractivity contribution >= 4 is 42.5 Å². The van der Waals surface area contributed by atoms with Crippen molar-refractivity contribution in [2.75, 3.05) is 11.9 Å². The first-order valence-corrected chi connectivity index (χ1v) is 9.55. The largest absolute Gasteiger partial charge is 0.398 e. The van der Waals surface area contributed by atoms with Crippen molar-refractivity contribution in [3.8, 4) is 0 Å². The minimum Gasteiger partial charge on any atom is -0.398 e. The van der Waals surface area contributed by atoms with Crippen LogP contribution < -0.4 is 11.0 Å². The van der Waals surface area contributed by atoms with Gasteiger partial charge in [0.2, 0.25) is 0 Å². The molecule has 2 aromatic carbocycles. The van der Waals surface area contributed by atoms with E-state index in [1.165, 1.54) is 0 Å². The molecule has 0 aromatic heterocycles. The number of benzene rings is 2. The van der Waals surface area contributed by atoms with Crippen LogP contribution in [0.3, 0.4) is 0 Å². The Kier molecular flexibility index (Phi) is 6.21. The van der Waals surface area contributed by atoms with E-state index < -0.39 is 0 Å². The minimum atomic E-state index is 0.0315. The molecule has 2 nitrogen and oxygen atoms in total. The van der Waals surface area contributed by atoms with Crippen LogP contribution >= 0.6 is 20.2 Å². The zero-order chi connectivity index (χ0) is 17.9. The maximum absolute atomic E-state index is 12.9. The van der Waals surface area contributed by atoms with Gasteiger partial charge >= 0.3 is 0 Å². The number of hydrogen-bond donors (Lipinski definition) is 1. The van der Waals surface area contributed by atoms with Crippen molar-refractivity contribution in [3.05, 3.63) is 63.7 Å². The van der Waals surface area contributed by atoms with Gasteiger partial charge in [0.1, 0.15) is 0 Å². The zero-order valence-corrected chi connectivity index (χ0v) is 16.3. The van der Waals surface area contributed by atoms with Crippen molar-refractivity contribution in [1.82, 2.24) is 0 Å². The highest BCUT2D eigenvalue weighted by molar-refractivity contribution is 7.47. The number of rotatable bonds is 5. The molecule has 0 saturated heterocycles. The second-order valence-corrected chi connectivity index (χ2v) is 7.89. The molecule has 0 aliphatic rings. The lowest BCUT2D eigenvalue weighted by molar-refractivity contribution is 0.104. The Labute approximate surface area is 150 Å². The Hall–Kier alpha value is -1.63. The monoisotopic (exact) mass is 359 g/mol. The first-order chi connectivity index (χ1) is 11.3. The molecule has 0 fully saturated rings. The van der Waals surface area contributed by atoms with Gasteiger partial charge in [0.05, 0.1) is 0 Å². The molecular weight excluding hydrogens is 337 g/mol. The standard InChI is InChI=1S/C20H23ClNOP/c1-5-24-20-14(4)17(22)9-13(3)19(20)18(23)10-12(2)15-7-6-8-16(21)11-15/h6-11,24H,5,22H2,1-4H3/b12-10+. The highest BCUT2D eigenvalue weighted by atomic mass is 35.5. The molecule has 0 spiro atoms. The molecule has 4 heteroatoms. The number of nitrogen functional groups attached to an aromatic ring is 1. The smallest absolute Gasteiger partial charge is 0.187 e. The number of halogens is 1. The molecule has 0 bridgehead atoms. The summed E-state index contributed by atoms with van der Waals surface area (Å²) in [6.45, 7) is 8.01. The summed E-state index contributed by atoms with van der Waals surface area (Å²) in [7, 11) is 0.580. The molecule has 2 aromatic rings. The number of ketones is 1. The van der Waals surface area contributed by atoms with E-state index in [9.17, 15) is 4.79 Å². The molecule has 1 unspecified atom stereocenters. The fourth-order valence-corrected chi connectivity index (χ4v) is 4.19. The Morgan fingerprint density at radius 1 is 1.29 bits per heavy atom. The molecule has 126 valence electrons. The van der Waals surface area contributed by atoms with Gasteiger partial charge in [-0.15, -0.1) is 0 Å². The maximum atomic E-state index is 12.9. The number of hydrogen-bond acceptors (Lipinski definition) is 2. The van der Waals surface area contributed by atoms with E-state index in [4.69, 9.17) is 17.3 Å². The molecule has 0 amide bonds. The first-order valence-electron chi connectivity index (χ1n) is 7.97. The summed E-state index contributed by atoms with van der Waals surface area (Å²) in [5.41, 5.74) is 11.5. The van der Waals surface area contributed by atoms with Crippen molar-refractivity contribution in [1.29, 1.82) is 0 Å². The van der Waals surface area contributed by atoms with Crippen molar-refractivity contribution in [2.45, 2.75) is 27.7 Å². The average molecular weight is 360 g/mol. The molecule has 0 heterocycles. The molecule has 0 aliphatic carbocycles. The fourth-order valence-electron chi connectivity index (χ4n) is 2.74. The van der Waals surface area contributed by atoms with Gasteiger partial charge in [-0.2, -0.15) is 0 Å². The van der Waals surface area contributed by atoms with E-state index >= 15 is 0 Å². The molecule has 0 saturated carbocycles. The molecule has 24 heavy (non-hydrogen) atoms. The average Bonchev–Trinajstić information content (AvgIpc) is 2.52. The summed E-state index contributed by atoms with van der Waals surface area (Å²) in [4.78, 5) is 12.9. The Morgan fingerprint density at radius 3 is 2.62 bits per heavy atom. The van der Waals surface area contributed by atoms with Crippen LogP contribution in [0.15, 0.2) is 36.4 Å². The van der Waals surface area contributed by atoms with E-state index in [-0.39, 0.29) is 5.78 Å². The quantitative estimate of drug-likeness (QED) is 0.347. The number of carbonyl (C=O) groups excluding carboxylic acids is 1. The van der Waals surface area contributed by atoms with Crippen LogP contribution in [0, 0.1) is 13.8 Å². The van der Waals surface area contributed by atoms with E-state index in [2.05, 4.69) is 6.92 Å². The topological polar surface area (TPSA) is 43.1 Å². The fraction of sp³-hybridized carbons (Fsp3) is 0.250. The second kappa shape index (κ2) is 7.96. The van der Waals surface area contributed by atoms with Gasteiger partial charge in [-0.1, -0.05) is 39.2 Å². The van der Waals surface area contributed by atoms with Gasteiger partial charge in [0.25, 0.3) is 0 Å². The van der Waals surface area contributed by atoms with Gasteiger partial charge in [-0.25, -0.2) is 0 Å². The van der Waals surface area contributed by atoms with Gasteiger partial charge in [0, 0.05) is 16.3 Å². The van der Waals surface area contributed by atoms with E-state index in [1.807, 2.05) is 51.1 Å². The lowest BCUT2D eigenvalue weighted by atomic mass is 9.97. The number of nitrogens with two attached hydrogens (primary N) is 1. The van der Waals surface area contributed by atoms with Gasteiger partial charge < -0.3 is 5.73 Å². The summed E-state index contributed by atoms with van der Waals surface area (Å²) in [5.74, 6) is 0.0315. The minimum absolute atomic E-state index is 0.0315. The number of aryl methyl sites for hydroxylation is 1. The summed E-state index contributed by atoms with van der Waals surface area (Å²) in [6, 6.07) is 9.45. The highest BCUT2D eigenvalue weighted by Crippen LogP contribution is 2.26. The summed E-state index contributed by atoms with van der Waals surface area (Å²) >= 11 is 6.05. The third kappa shape index (κ3) is 4.06.